The fourth-order valence-corrected chi connectivity index (χ4v) is 2.43. The molecule has 1 fully saturated rings. The number of hydrogen-bond acceptors (Lipinski definition) is 3. The second kappa shape index (κ2) is 4.86. The third-order valence-corrected chi connectivity index (χ3v) is 3.10. The molecule has 82 valence electrons. The molecule has 1 aliphatic carbocycles. The largest absolute Gasteiger partial charge is 0.377 e. The van der Waals surface area contributed by atoms with Crippen LogP contribution >= 0.6 is 12.2 Å². The number of ether oxygens (including phenoxy) is 1. The summed E-state index contributed by atoms with van der Waals surface area (Å²) in [7, 11) is 1.67. The van der Waals surface area contributed by atoms with Gasteiger partial charge in [0.1, 0.15) is 17.1 Å². The average Bonchev–Trinajstić information content (AvgIpc) is 2.70. The molecule has 0 radical (unpaired) electrons. The van der Waals surface area contributed by atoms with Crippen LogP contribution in [0.3, 0.4) is 0 Å². The molecule has 0 bridgehead atoms. The zero-order valence-corrected chi connectivity index (χ0v) is 9.77. The number of nitrogens with zero attached hydrogens (tertiary/aromatic N) is 1. The molecule has 1 aromatic heterocycles. The van der Waals surface area contributed by atoms with Crippen molar-refractivity contribution < 1.29 is 4.74 Å². The molecule has 1 aromatic rings. The van der Waals surface area contributed by atoms with E-state index in [0.29, 0.717) is 17.2 Å². The van der Waals surface area contributed by atoms with Crippen LogP contribution in [0.15, 0.2) is 6.07 Å². The maximum Gasteiger partial charge on any atom is 0.133 e. The van der Waals surface area contributed by atoms with Crippen LogP contribution in [0.2, 0.25) is 0 Å². The van der Waals surface area contributed by atoms with E-state index in [1.807, 2.05) is 6.07 Å². The summed E-state index contributed by atoms with van der Waals surface area (Å²) in [5, 5.41) is 0. The van der Waals surface area contributed by atoms with Crippen molar-refractivity contribution in [3.8, 4) is 0 Å². The van der Waals surface area contributed by atoms with Gasteiger partial charge < -0.3 is 9.72 Å². The minimum Gasteiger partial charge on any atom is -0.377 e. The Morgan fingerprint density at radius 1 is 1.53 bits per heavy atom. The fraction of sp³-hybridized carbons (Fsp3) is 0.636. The minimum absolute atomic E-state index is 0.504. The summed E-state index contributed by atoms with van der Waals surface area (Å²) in [6, 6.07) is 1.99. The number of nitrogens with one attached hydrogen (secondary N) is 1. The average molecular weight is 224 g/mol. The van der Waals surface area contributed by atoms with Gasteiger partial charge in [-0.05, 0) is 24.8 Å². The Balaban J connectivity index is 2.26. The predicted octanol–water partition coefficient (Wildman–Crippen LogP) is 2.94. The van der Waals surface area contributed by atoms with Gasteiger partial charge in [0.2, 0.25) is 0 Å². The monoisotopic (exact) mass is 224 g/mol. The molecule has 0 aliphatic heterocycles. The van der Waals surface area contributed by atoms with E-state index in [4.69, 9.17) is 17.0 Å². The molecule has 1 N–H and O–H groups in total. The van der Waals surface area contributed by atoms with Crippen LogP contribution in [0.5, 0.6) is 0 Å². The molecule has 1 aliphatic rings. The molecule has 0 aromatic carbocycles. The van der Waals surface area contributed by atoms with E-state index in [9.17, 15) is 0 Å². The van der Waals surface area contributed by atoms with E-state index in [2.05, 4.69) is 9.97 Å². The minimum atomic E-state index is 0.504. The lowest BCUT2D eigenvalue weighted by molar-refractivity contribution is 0.177. The topological polar surface area (TPSA) is 37.9 Å². The zero-order chi connectivity index (χ0) is 10.7. The highest BCUT2D eigenvalue weighted by atomic mass is 32.1. The van der Waals surface area contributed by atoms with E-state index in [1.165, 1.54) is 31.4 Å². The highest BCUT2D eigenvalue weighted by Gasteiger charge is 2.18. The van der Waals surface area contributed by atoms with Crippen LogP contribution < -0.4 is 0 Å². The number of aromatic amines is 1. The molecule has 0 atom stereocenters. The Morgan fingerprint density at radius 2 is 2.27 bits per heavy atom. The molecule has 3 nitrogen and oxygen atoms in total. The first-order valence-corrected chi connectivity index (χ1v) is 5.79. The van der Waals surface area contributed by atoms with Crippen molar-refractivity contribution in [1.29, 1.82) is 0 Å². The molecule has 0 spiro atoms. The fourth-order valence-electron chi connectivity index (χ4n) is 2.19. The second-order valence-electron chi connectivity index (χ2n) is 4.04. The van der Waals surface area contributed by atoms with Crippen LogP contribution in [0.1, 0.15) is 43.1 Å². The molecule has 2 rings (SSSR count). The summed E-state index contributed by atoms with van der Waals surface area (Å²) >= 11 is 5.15. The van der Waals surface area contributed by atoms with Gasteiger partial charge in [-0.3, -0.25) is 0 Å². The van der Waals surface area contributed by atoms with Crippen LogP contribution in [-0.4, -0.2) is 17.1 Å². The summed E-state index contributed by atoms with van der Waals surface area (Å²) in [6.07, 6.45) is 5.18. The molecule has 0 unspecified atom stereocenters. The van der Waals surface area contributed by atoms with E-state index in [1.54, 1.807) is 7.11 Å². The van der Waals surface area contributed by atoms with Gasteiger partial charge in [0.15, 0.2) is 0 Å². The first-order chi connectivity index (χ1) is 7.29. The highest BCUT2D eigenvalue weighted by molar-refractivity contribution is 7.71. The van der Waals surface area contributed by atoms with Crippen molar-refractivity contribution in [2.45, 2.75) is 38.2 Å². The molecule has 4 heteroatoms. The van der Waals surface area contributed by atoms with Crippen molar-refractivity contribution in [3.05, 3.63) is 22.2 Å². The number of hydrogen-bond donors (Lipinski definition) is 1. The highest BCUT2D eigenvalue weighted by Crippen LogP contribution is 2.32. The Kier molecular flexibility index (Phi) is 3.49. The maximum absolute atomic E-state index is 5.15. The van der Waals surface area contributed by atoms with Crippen molar-refractivity contribution in [2.75, 3.05) is 7.11 Å². The van der Waals surface area contributed by atoms with Crippen molar-refractivity contribution in [1.82, 2.24) is 9.97 Å². The Bertz CT molecular complexity index is 382. The molecule has 1 heterocycles. The number of aromatic nitrogens is 2. The number of H-pyrrole nitrogens is 1. The van der Waals surface area contributed by atoms with Crippen LogP contribution in [0.25, 0.3) is 0 Å². The SMILES string of the molecule is COCc1nc(=S)cc(C2CCCC2)[nH]1. The molecule has 15 heavy (non-hydrogen) atoms. The molecule has 1 saturated carbocycles. The third-order valence-electron chi connectivity index (χ3n) is 2.89. The van der Waals surface area contributed by atoms with Crippen LogP contribution in [0.4, 0.5) is 0 Å². The summed E-state index contributed by atoms with van der Waals surface area (Å²) in [6.45, 7) is 0.504. The van der Waals surface area contributed by atoms with E-state index in [0.717, 1.165) is 5.82 Å². The van der Waals surface area contributed by atoms with Crippen LogP contribution in [-0.2, 0) is 11.3 Å². The van der Waals surface area contributed by atoms with Crippen molar-refractivity contribution in [3.63, 3.8) is 0 Å². The smallest absolute Gasteiger partial charge is 0.133 e. The summed E-state index contributed by atoms with van der Waals surface area (Å²) in [5.41, 5.74) is 1.24. The molecular weight excluding hydrogens is 208 g/mol. The van der Waals surface area contributed by atoms with Gasteiger partial charge in [-0.25, -0.2) is 4.98 Å². The van der Waals surface area contributed by atoms with Gasteiger partial charge in [-0.2, -0.15) is 0 Å². The van der Waals surface area contributed by atoms with Gasteiger partial charge in [0, 0.05) is 12.8 Å². The van der Waals surface area contributed by atoms with Gasteiger partial charge in [0.25, 0.3) is 0 Å². The first-order valence-electron chi connectivity index (χ1n) is 5.38. The number of rotatable bonds is 3. The van der Waals surface area contributed by atoms with Crippen LogP contribution in [0, 0.1) is 4.64 Å². The molecule has 0 amide bonds. The second-order valence-corrected chi connectivity index (χ2v) is 4.45. The Hall–Kier alpha value is -0.740. The van der Waals surface area contributed by atoms with Gasteiger partial charge in [-0.15, -0.1) is 0 Å². The van der Waals surface area contributed by atoms with Gasteiger partial charge in [0.05, 0.1) is 0 Å². The Labute approximate surface area is 94.9 Å². The molecule has 0 saturated heterocycles. The third kappa shape index (κ3) is 2.63. The maximum atomic E-state index is 5.15. The summed E-state index contributed by atoms with van der Waals surface area (Å²) < 4.78 is 5.73. The lowest BCUT2D eigenvalue weighted by atomic mass is 10.0. The van der Waals surface area contributed by atoms with E-state index in [-0.39, 0.29) is 0 Å². The standard InChI is InChI=1S/C11H16N2OS/c1-14-7-10-12-9(6-11(15)13-10)8-4-2-3-5-8/h6,8H,2-5,7H2,1H3,(H,12,13,15). The van der Waals surface area contributed by atoms with E-state index >= 15 is 0 Å². The first kappa shape index (κ1) is 10.8. The summed E-state index contributed by atoms with van der Waals surface area (Å²) in [5.74, 6) is 1.48. The quantitative estimate of drug-likeness (QED) is 0.802. The van der Waals surface area contributed by atoms with E-state index < -0.39 is 0 Å². The van der Waals surface area contributed by atoms with Crippen molar-refractivity contribution in [2.24, 2.45) is 0 Å². The lowest BCUT2D eigenvalue weighted by Crippen LogP contribution is -2.03. The van der Waals surface area contributed by atoms with Gasteiger partial charge in [-0.1, -0.05) is 25.1 Å². The predicted molar refractivity (Wildman–Crippen MR) is 61.3 cm³/mol. The summed E-state index contributed by atoms with van der Waals surface area (Å²) in [4.78, 5) is 7.55. The molecular formula is C11H16N2OS. The Morgan fingerprint density at radius 3 is 2.93 bits per heavy atom. The zero-order valence-electron chi connectivity index (χ0n) is 8.95. The normalized spacial score (nSPS) is 17.1. The van der Waals surface area contributed by atoms with Crippen molar-refractivity contribution >= 4 is 12.2 Å². The lowest BCUT2D eigenvalue weighted by Gasteiger charge is -2.10. The number of methoxy groups -OCH3 is 1. The van der Waals surface area contributed by atoms with Gasteiger partial charge >= 0.3 is 0 Å².